The second kappa shape index (κ2) is 6.78. The number of anilines is 1. The zero-order valence-corrected chi connectivity index (χ0v) is 15.0. The highest BCUT2D eigenvalue weighted by atomic mass is 35.5. The van der Waals surface area contributed by atoms with Crippen molar-refractivity contribution < 1.29 is 14.0 Å². The van der Waals surface area contributed by atoms with Crippen LogP contribution in [0, 0.1) is 6.92 Å². The number of aryl methyl sites for hydroxylation is 1. The topological polar surface area (TPSA) is 71.3 Å². The van der Waals surface area contributed by atoms with Gasteiger partial charge in [0.25, 0.3) is 11.8 Å². The van der Waals surface area contributed by atoms with Crippen LogP contribution in [0.2, 0.25) is 10.0 Å². The molecule has 0 spiro atoms. The fourth-order valence-corrected chi connectivity index (χ4v) is 2.89. The van der Waals surface area contributed by atoms with Crippen molar-refractivity contribution in [1.82, 2.24) is 5.32 Å². The summed E-state index contributed by atoms with van der Waals surface area (Å²) in [5.41, 5.74) is 1.83. The minimum Gasteiger partial charge on any atom is -0.449 e. The number of furan rings is 1. The largest absolute Gasteiger partial charge is 0.449 e. The standard InChI is InChI=1S/C18H14Cl2N2O3/c1-9-11-4-3-5-13(20)16(11)25-15(9)18(24)22-14-8-10(17(23)21-2)6-7-12(14)19/h3-8H,1-2H3,(H,21,23)(H,22,24). The number of carbonyl (C=O) groups is 2. The van der Waals surface area contributed by atoms with Crippen LogP contribution in [0.4, 0.5) is 5.69 Å². The van der Waals surface area contributed by atoms with Gasteiger partial charge < -0.3 is 15.1 Å². The Kier molecular flexibility index (Phi) is 4.70. The fraction of sp³-hybridized carbons (Fsp3) is 0.111. The summed E-state index contributed by atoms with van der Waals surface area (Å²) < 4.78 is 5.64. The summed E-state index contributed by atoms with van der Waals surface area (Å²) in [7, 11) is 1.52. The Morgan fingerprint density at radius 2 is 1.80 bits per heavy atom. The van der Waals surface area contributed by atoms with Crippen LogP contribution < -0.4 is 10.6 Å². The molecule has 0 aliphatic carbocycles. The lowest BCUT2D eigenvalue weighted by atomic mass is 10.1. The van der Waals surface area contributed by atoms with Gasteiger partial charge in [-0.25, -0.2) is 0 Å². The van der Waals surface area contributed by atoms with E-state index in [0.29, 0.717) is 32.4 Å². The van der Waals surface area contributed by atoms with Gasteiger partial charge in [-0.15, -0.1) is 0 Å². The van der Waals surface area contributed by atoms with E-state index in [-0.39, 0.29) is 11.7 Å². The van der Waals surface area contributed by atoms with Crippen molar-refractivity contribution in [3.8, 4) is 0 Å². The average Bonchev–Trinajstić information content (AvgIpc) is 2.94. The smallest absolute Gasteiger partial charge is 0.291 e. The van der Waals surface area contributed by atoms with Crippen molar-refractivity contribution in [2.75, 3.05) is 12.4 Å². The third-order valence-electron chi connectivity index (χ3n) is 3.83. The summed E-state index contributed by atoms with van der Waals surface area (Å²) >= 11 is 12.2. The van der Waals surface area contributed by atoms with E-state index >= 15 is 0 Å². The van der Waals surface area contributed by atoms with Gasteiger partial charge in [-0.2, -0.15) is 0 Å². The van der Waals surface area contributed by atoms with Crippen LogP contribution in [-0.2, 0) is 0 Å². The number of halogens is 2. The third kappa shape index (κ3) is 3.21. The lowest BCUT2D eigenvalue weighted by Gasteiger charge is -2.08. The number of rotatable bonds is 3. The van der Waals surface area contributed by atoms with Gasteiger partial charge >= 0.3 is 0 Å². The Bertz CT molecular complexity index is 995. The molecule has 5 nitrogen and oxygen atoms in total. The van der Waals surface area contributed by atoms with E-state index in [4.69, 9.17) is 27.6 Å². The Balaban J connectivity index is 1.97. The first-order valence-electron chi connectivity index (χ1n) is 7.43. The maximum atomic E-state index is 12.6. The SMILES string of the molecule is CNC(=O)c1ccc(Cl)c(NC(=O)c2oc3c(Cl)cccc3c2C)c1. The Labute approximate surface area is 153 Å². The normalized spacial score (nSPS) is 10.7. The van der Waals surface area contributed by atoms with Gasteiger partial charge in [0.1, 0.15) is 0 Å². The lowest BCUT2D eigenvalue weighted by Crippen LogP contribution is -2.18. The Morgan fingerprint density at radius 1 is 1.04 bits per heavy atom. The molecular weight excluding hydrogens is 363 g/mol. The van der Waals surface area contributed by atoms with Gasteiger partial charge in [-0.3, -0.25) is 9.59 Å². The van der Waals surface area contributed by atoms with Crippen LogP contribution in [0.15, 0.2) is 40.8 Å². The fourth-order valence-electron chi connectivity index (χ4n) is 2.51. The highest BCUT2D eigenvalue weighted by molar-refractivity contribution is 6.35. The summed E-state index contributed by atoms with van der Waals surface area (Å²) in [6, 6.07) is 9.93. The maximum Gasteiger partial charge on any atom is 0.291 e. The molecule has 1 heterocycles. The summed E-state index contributed by atoms with van der Waals surface area (Å²) in [5.74, 6) is -0.607. The number of carbonyl (C=O) groups excluding carboxylic acids is 2. The lowest BCUT2D eigenvalue weighted by molar-refractivity contribution is 0.0960. The molecule has 2 aromatic carbocycles. The molecule has 0 bridgehead atoms. The molecule has 2 N–H and O–H groups in total. The van der Waals surface area contributed by atoms with Gasteiger partial charge in [0, 0.05) is 23.6 Å². The zero-order valence-electron chi connectivity index (χ0n) is 13.4. The monoisotopic (exact) mass is 376 g/mol. The van der Waals surface area contributed by atoms with Gasteiger partial charge in [0.2, 0.25) is 0 Å². The molecule has 0 atom stereocenters. The predicted octanol–water partition coefficient (Wildman–Crippen LogP) is 4.66. The quantitative estimate of drug-likeness (QED) is 0.697. The van der Waals surface area contributed by atoms with E-state index in [1.165, 1.54) is 13.1 Å². The average molecular weight is 377 g/mol. The first kappa shape index (κ1) is 17.3. The van der Waals surface area contributed by atoms with E-state index in [0.717, 1.165) is 5.39 Å². The van der Waals surface area contributed by atoms with Crippen molar-refractivity contribution in [1.29, 1.82) is 0 Å². The molecule has 0 unspecified atom stereocenters. The Hall–Kier alpha value is -2.50. The number of nitrogens with one attached hydrogen (secondary N) is 2. The van der Waals surface area contributed by atoms with E-state index in [1.54, 1.807) is 31.2 Å². The van der Waals surface area contributed by atoms with Crippen molar-refractivity contribution in [2.45, 2.75) is 6.92 Å². The summed E-state index contributed by atoms with van der Waals surface area (Å²) in [5, 5.41) is 6.71. The van der Waals surface area contributed by atoms with Crippen molar-refractivity contribution in [2.24, 2.45) is 0 Å². The number of amides is 2. The summed E-state index contributed by atoms with van der Waals surface area (Å²) in [6.07, 6.45) is 0. The predicted molar refractivity (Wildman–Crippen MR) is 98.8 cm³/mol. The zero-order chi connectivity index (χ0) is 18.1. The van der Waals surface area contributed by atoms with Crippen molar-refractivity contribution in [3.63, 3.8) is 0 Å². The number of benzene rings is 2. The first-order valence-corrected chi connectivity index (χ1v) is 8.18. The van der Waals surface area contributed by atoms with E-state index in [1.807, 2.05) is 6.07 Å². The molecule has 0 saturated carbocycles. The van der Waals surface area contributed by atoms with E-state index in [2.05, 4.69) is 10.6 Å². The molecular formula is C18H14Cl2N2O3. The van der Waals surface area contributed by atoms with Crippen LogP contribution in [0.5, 0.6) is 0 Å². The molecule has 0 radical (unpaired) electrons. The van der Waals surface area contributed by atoms with Crippen LogP contribution >= 0.6 is 23.2 Å². The Morgan fingerprint density at radius 3 is 2.48 bits per heavy atom. The van der Waals surface area contributed by atoms with E-state index < -0.39 is 5.91 Å². The van der Waals surface area contributed by atoms with Gasteiger partial charge in [-0.1, -0.05) is 35.3 Å². The molecule has 0 fully saturated rings. The number of fused-ring (bicyclic) bond motifs is 1. The highest BCUT2D eigenvalue weighted by Crippen LogP contribution is 2.31. The molecule has 0 saturated heterocycles. The minimum absolute atomic E-state index is 0.143. The maximum absolute atomic E-state index is 12.6. The second-order valence-electron chi connectivity index (χ2n) is 5.40. The summed E-state index contributed by atoms with van der Waals surface area (Å²) in [4.78, 5) is 24.4. The van der Waals surface area contributed by atoms with Crippen LogP contribution in [0.3, 0.4) is 0 Å². The molecule has 25 heavy (non-hydrogen) atoms. The second-order valence-corrected chi connectivity index (χ2v) is 6.21. The summed E-state index contributed by atoms with van der Waals surface area (Å²) in [6.45, 7) is 1.78. The molecule has 3 rings (SSSR count). The van der Waals surface area contributed by atoms with Crippen LogP contribution in [0.25, 0.3) is 11.0 Å². The van der Waals surface area contributed by atoms with E-state index in [9.17, 15) is 9.59 Å². The van der Waals surface area contributed by atoms with Crippen LogP contribution in [-0.4, -0.2) is 18.9 Å². The van der Waals surface area contributed by atoms with Gasteiger partial charge in [-0.05, 0) is 31.2 Å². The van der Waals surface area contributed by atoms with Crippen molar-refractivity contribution >= 4 is 51.7 Å². The third-order valence-corrected chi connectivity index (χ3v) is 4.45. The number of hydrogen-bond donors (Lipinski definition) is 2. The number of hydrogen-bond acceptors (Lipinski definition) is 3. The van der Waals surface area contributed by atoms with Crippen molar-refractivity contribution in [3.05, 3.63) is 63.3 Å². The molecule has 0 aliphatic rings. The molecule has 3 aromatic rings. The molecule has 1 aromatic heterocycles. The minimum atomic E-state index is -0.472. The van der Waals surface area contributed by atoms with Gasteiger partial charge in [0.05, 0.1) is 15.7 Å². The van der Waals surface area contributed by atoms with Crippen LogP contribution in [0.1, 0.15) is 26.5 Å². The first-order chi connectivity index (χ1) is 11.9. The molecule has 2 amide bonds. The number of para-hydroxylation sites is 1. The molecule has 7 heteroatoms. The molecule has 0 aliphatic heterocycles. The van der Waals surface area contributed by atoms with Gasteiger partial charge in [0.15, 0.2) is 11.3 Å². The molecule has 128 valence electrons. The highest BCUT2D eigenvalue weighted by Gasteiger charge is 2.20.